The van der Waals surface area contributed by atoms with Crippen LogP contribution in [0.4, 0.5) is 0 Å². The van der Waals surface area contributed by atoms with Crippen LogP contribution < -0.4 is 19.5 Å². The van der Waals surface area contributed by atoms with Gasteiger partial charge in [-0.2, -0.15) is 0 Å². The second-order valence-electron chi connectivity index (χ2n) is 14.1. The van der Waals surface area contributed by atoms with Crippen molar-refractivity contribution in [1.29, 1.82) is 0 Å². The number of ether oxygens (including phenoxy) is 3. The molecule has 12 nitrogen and oxygen atoms in total. The number of benzene rings is 2. The molecule has 0 saturated carbocycles. The fraction of sp³-hybridized carbons (Fsp3) is 0.410. The van der Waals surface area contributed by atoms with E-state index in [9.17, 15) is 9.59 Å². The van der Waals surface area contributed by atoms with Gasteiger partial charge in [0.2, 0.25) is 23.6 Å². The van der Waals surface area contributed by atoms with Crippen LogP contribution in [0.25, 0.3) is 33.6 Å². The summed E-state index contributed by atoms with van der Waals surface area (Å²) in [4.78, 5) is 44.7. The van der Waals surface area contributed by atoms with E-state index in [1.807, 2.05) is 41.3 Å². The number of carbonyl (C=O) groups is 2. The number of carbonyl (C=O) groups excluding carboxylic acids is 2. The third-order valence-electron chi connectivity index (χ3n) is 11.0. The summed E-state index contributed by atoms with van der Waals surface area (Å²) in [5, 5.41) is 3.73. The second-order valence-corrected chi connectivity index (χ2v) is 14.5. The van der Waals surface area contributed by atoms with Crippen LogP contribution >= 0.6 is 11.6 Å². The molecule has 270 valence electrons. The zero-order valence-electron chi connectivity index (χ0n) is 29.9. The number of fused-ring (bicyclic) bond motifs is 1. The Hall–Kier alpha value is -4.78. The SMILES string of the molecule is COc1nc(-c2cccc(-c3cccc(-c4cc5c(c(OC)n4)[C@@H](N4CC6(CCC(=O)N6)C4)CO5)c3Cl)c2C)cnc1CN1CCN(C(C)=O)CC1. The molecule has 13 heteroatoms. The molecule has 2 amide bonds. The van der Waals surface area contributed by atoms with Crippen molar-refractivity contribution in [2.24, 2.45) is 0 Å². The number of amides is 2. The third kappa shape index (κ3) is 6.12. The Morgan fingerprint density at radius 1 is 0.981 bits per heavy atom. The van der Waals surface area contributed by atoms with Crippen molar-refractivity contribution in [3.8, 4) is 51.2 Å². The van der Waals surface area contributed by atoms with Gasteiger partial charge in [0.05, 0.1) is 54.0 Å². The van der Waals surface area contributed by atoms with Gasteiger partial charge in [-0.25, -0.2) is 9.97 Å². The molecule has 8 rings (SSSR count). The quantitative estimate of drug-likeness (QED) is 0.268. The molecule has 4 aliphatic rings. The van der Waals surface area contributed by atoms with Gasteiger partial charge in [-0.1, -0.05) is 48.0 Å². The lowest BCUT2D eigenvalue weighted by molar-refractivity contribution is -0.130. The van der Waals surface area contributed by atoms with Crippen molar-refractivity contribution >= 4 is 23.4 Å². The molecule has 0 unspecified atom stereocenters. The molecule has 1 spiro atoms. The molecule has 4 aromatic rings. The first kappa shape index (κ1) is 34.3. The minimum atomic E-state index is -0.124. The smallest absolute Gasteiger partial charge is 0.237 e. The number of pyridine rings is 1. The van der Waals surface area contributed by atoms with Crippen molar-refractivity contribution in [3.63, 3.8) is 0 Å². The van der Waals surface area contributed by atoms with E-state index in [1.165, 1.54) is 0 Å². The molecule has 1 atom stereocenters. The average Bonchev–Trinajstić information content (AvgIpc) is 3.75. The van der Waals surface area contributed by atoms with E-state index in [-0.39, 0.29) is 23.4 Å². The Kier molecular flexibility index (Phi) is 9.01. The third-order valence-corrected chi connectivity index (χ3v) is 11.4. The highest BCUT2D eigenvalue weighted by Gasteiger charge is 2.51. The zero-order chi connectivity index (χ0) is 36.1. The van der Waals surface area contributed by atoms with E-state index in [2.05, 4.69) is 28.1 Å². The van der Waals surface area contributed by atoms with Gasteiger partial charge in [0.1, 0.15) is 18.1 Å². The maximum Gasteiger partial charge on any atom is 0.237 e. The van der Waals surface area contributed by atoms with Gasteiger partial charge >= 0.3 is 0 Å². The van der Waals surface area contributed by atoms with Gasteiger partial charge in [0.25, 0.3) is 0 Å². The van der Waals surface area contributed by atoms with Crippen molar-refractivity contribution in [2.45, 2.75) is 44.8 Å². The van der Waals surface area contributed by atoms with E-state index in [0.717, 1.165) is 77.4 Å². The number of aromatic nitrogens is 3. The maximum atomic E-state index is 11.9. The summed E-state index contributed by atoms with van der Waals surface area (Å²) in [6.45, 7) is 9.27. The molecule has 0 radical (unpaired) electrons. The Balaban J connectivity index is 1.05. The Morgan fingerprint density at radius 2 is 1.67 bits per heavy atom. The van der Waals surface area contributed by atoms with Crippen LogP contribution in [0.3, 0.4) is 0 Å². The number of nitrogens with zero attached hydrogens (tertiary/aromatic N) is 6. The summed E-state index contributed by atoms with van der Waals surface area (Å²) in [7, 11) is 3.24. The largest absolute Gasteiger partial charge is 0.491 e. The molecule has 3 fully saturated rings. The minimum absolute atomic E-state index is 0.00100. The van der Waals surface area contributed by atoms with Crippen LogP contribution in [-0.4, -0.2) is 107 Å². The molecular formula is C39H42ClN7O5. The first-order valence-corrected chi connectivity index (χ1v) is 18.1. The summed E-state index contributed by atoms with van der Waals surface area (Å²) >= 11 is 7.24. The lowest BCUT2D eigenvalue weighted by Crippen LogP contribution is -2.67. The van der Waals surface area contributed by atoms with Crippen molar-refractivity contribution in [2.75, 3.05) is 60.1 Å². The lowest BCUT2D eigenvalue weighted by atomic mass is 9.86. The molecule has 1 N–H and O–H groups in total. The van der Waals surface area contributed by atoms with E-state index in [1.54, 1.807) is 27.3 Å². The molecule has 4 aliphatic heterocycles. The normalized spacial score (nSPS) is 19.6. The van der Waals surface area contributed by atoms with Gasteiger partial charge in [0, 0.05) is 81.9 Å². The van der Waals surface area contributed by atoms with Crippen LogP contribution in [0.1, 0.15) is 42.6 Å². The van der Waals surface area contributed by atoms with Crippen molar-refractivity contribution < 1.29 is 23.8 Å². The highest BCUT2D eigenvalue weighted by atomic mass is 35.5. The molecular weight excluding hydrogens is 682 g/mol. The summed E-state index contributed by atoms with van der Waals surface area (Å²) in [6.07, 6.45) is 3.25. The molecule has 0 aliphatic carbocycles. The predicted octanol–water partition coefficient (Wildman–Crippen LogP) is 4.91. The van der Waals surface area contributed by atoms with Crippen LogP contribution in [0.15, 0.2) is 48.7 Å². The van der Waals surface area contributed by atoms with E-state index in [4.69, 9.17) is 40.8 Å². The number of hydrogen-bond acceptors (Lipinski definition) is 10. The second kappa shape index (κ2) is 13.6. The standard InChI is InChI=1S/C39H42ClN7O5/c1-23-25(7-5-8-26(23)30-18-41-31(37(43-30)50-3)19-45-13-15-46(16-14-45)24(2)48)27-9-6-10-28(36(27)40)29-17-33-35(38(42-29)51-4)32(20-52-33)47-21-39(22-47)12-11-34(49)44-39/h5-10,17-18,32H,11-16,19-22H2,1-4H3,(H,44,49)/t32-/m0/s1. The number of nitrogens with one attached hydrogen (secondary N) is 1. The van der Waals surface area contributed by atoms with Crippen LogP contribution in [0.2, 0.25) is 5.02 Å². The molecule has 2 aromatic heterocycles. The molecule has 6 heterocycles. The summed E-state index contributed by atoms with van der Waals surface area (Å²) in [6, 6.07) is 14.0. The van der Waals surface area contributed by atoms with Crippen molar-refractivity contribution in [3.05, 3.63) is 70.5 Å². The highest BCUT2D eigenvalue weighted by molar-refractivity contribution is 6.36. The van der Waals surface area contributed by atoms with E-state index >= 15 is 0 Å². The fourth-order valence-electron chi connectivity index (χ4n) is 8.11. The lowest BCUT2D eigenvalue weighted by Gasteiger charge is -2.50. The molecule has 3 saturated heterocycles. The van der Waals surface area contributed by atoms with Gasteiger partial charge in [0.15, 0.2) is 0 Å². The molecule has 2 aromatic carbocycles. The van der Waals surface area contributed by atoms with Crippen LogP contribution in [0.5, 0.6) is 17.5 Å². The first-order valence-electron chi connectivity index (χ1n) is 17.7. The van der Waals surface area contributed by atoms with Gasteiger partial charge < -0.3 is 24.4 Å². The number of piperazine rings is 1. The highest BCUT2D eigenvalue weighted by Crippen LogP contribution is 2.48. The number of rotatable bonds is 8. The van der Waals surface area contributed by atoms with Gasteiger partial charge in [-0.3, -0.25) is 24.4 Å². The molecule has 52 heavy (non-hydrogen) atoms. The number of likely N-dealkylation sites (tertiary alicyclic amines) is 1. The Labute approximate surface area is 308 Å². The van der Waals surface area contributed by atoms with Crippen LogP contribution in [0, 0.1) is 6.92 Å². The van der Waals surface area contributed by atoms with Crippen LogP contribution in [-0.2, 0) is 16.1 Å². The van der Waals surface area contributed by atoms with E-state index in [0.29, 0.717) is 60.8 Å². The fourth-order valence-corrected chi connectivity index (χ4v) is 8.43. The summed E-state index contributed by atoms with van der Waals surface area (Å²) in [5.41, 5.74) is 7.45. The Morgan fingerprint density at radius 3 is 2.37 bits per heavy atom. The summed E-state index contributed by atoms with van der Waals surface area (Å²) < 4.78 is 17.8. The zero-order valence-corrected chi connectivity index (χ0v) is 30.6. The van der Waals surface area contributed by atoms with Crippen molar-refractivity contribution in [1.82, 2.24) is 35.0 Å². The topological polar surface area (TPSA) is 122 Å². The number of hydrogen-bond donors (Lipinski definition) is 1. The monoisotopic (exact) mass is 723 g/mol. The minimum Gasteiger partial charge on any atom is -0.491 e. The first-order chi connectivity index (χ1) is 25.2. The predicted molar refractivity (Wildman–Crippen MR) is 196 cm³/mol. The Bertz CT molecular complexity index is 2060. The van der Waals surface area contributed by atoms with E-state index < -0.39 is 0 Å². The maximum absolute atomic E-state index is 11.9. The average molecular weight is 724 g/mol. The van der Waals surface area contributed by atoms with Gasteiger partial charge in [-0.15, -0.1) is 0 Å². The van der Waals surface area contributed by atoms with Gasteiger partial charge in [-0.05, 0) is 24.5 Å². The molecule has 0 bridgehead atoms. The summed E-state index contributed by atoms with van der Waals surface area (Å²) in [5.74, 6) is 1.97. The number of methoxy groups -OCH3 is 2. The number of halogens is 1.